The summed E-state index contributed by atoms with van der Waals surface area (Å²) in [7, 11) is 0. The molecule has 1 unspecified atom stereocenters. The van der Waals surface area contributed by atoms with Gasteiger partial charge in [0.05, 0.1) is 18.2 Å². The summed E-state index contributed by atoms with van der Waals surface area (Å²) in [6.07, 6.45) is 7.24. The van der Waals surface area contributed by atoms with Gasteiger partial charge in [0, 0.05) is 24.2 Å². The van der Waals surface area contributed by atoms with E-state index in [-0.39, 0.29) is 30.2 Å². The van der Waals surface area contributed by atoms with Crippen molar-refractivity contribution in [2.75, 3.05) is 0 Å². The second kappa shape index (κ2) is 9.49. The Kier molecular flexibility index (Phi) is 7.05. The molecule has 0 saturated carbocycles. The van der Waals surface area contributed by atoms with Gasteiger partial charge in [0.15, 0.2) is 0 Å². The first-order valence-corrected chi connectivity index (χ1v) is 10.8. The minimum Gasteiger partial charge on any atom is -0.369 e. The highest BCUT2D eigenvalue weighted by Gasteiger charge is 2.32. The molecule has 0 aliphatic heterocycles. The van der Waals surface area contributed by atoms with Gasteiger partial charge in [-0.3, -0.25) is 4.79 Å². The maximum Gasteiger partial charge on any atom is 0.217 e. The molecular weight excluding hydrogens is 356 g/mol. The molecule has 0 fully saturated rings. The van der Waals surface area contributed by atoms with Crippen LogP contribution >= 0.6 is 11.3 Å². The van der Waals surface area contributed by atoms with Gasteiger partial charge in [0.2, 0.25) is 5.91 Å². The zero-order chi connectivity index (χ0) is 19.2. The minimum atomic E-state index is -0.0931. The van der Waals surface area contributed by atoms with Crippen molar-refractivity contribution in [2.24, 2.45) is 0 Å². The fourth-order valence-corrected chi connectivity index (χ4v) is 4.46. The molecule has 1 aromatic heterocycles. The standard InChI is InChI=1S/C22H30N2O2S/c1-4-18(5-2)26-20-8-6-7-19(22(20)24-15(3)25)23-14-16-9-10-21-17(13-16)11-12-27-21/h6,8-13,18-20,22-23H,4-5,7,14H2,1-3H3,(H,24,25)/t19-,20?,22+/m0/s1. The zero-order valence-electron chi connectivity index (χ0n) is 16.4. The van der Waals surface area contributed by atoms with Crippen LogP contribution in [0.15, 0.2) is 41.8 Å². The van der Waals surface area contributed by atoms with Crippen LogP contribution in [0.1, 0.15) is 45.6 Å². The summed E-state index contributed by atoms with van der Waals surface area (Å²) in [4.78, 5) is 11.8. The van der Waals surface area contributed by atoms with Gasteiger partial charge in [-0.25, -0.2) is 0 Å². The van der Waals surface area contributed by atoms with Crippen molar-refractivity contribution in [2.45, 2.75) is 70.9 Å². The van der Waals surface area contributed by atoms with E-state index < -0.39 is 0 Å². The summed E-state index contributed by atoms with van der Waals surface area (Å²) in [6, 6.07) is 8.85. The van der Waals surface area contributed by atoms with E-state index in [4.69, 9.17) is 4.74 Å². The van der Waals surface area contributed by atoms with Gasteiger partial charge in [0.1, 0.15) is 0 Å². The van der Waals surface area contributed by atoms with E-state index in [1.165, 1.54) is 15.6 Å². The maximum absolute atomic E-state index is 11.8. The number of benzene rings is 1. The van der Waals surface area contributed by atoms with Crippen LogP contribution < -0.4 is 10.6 Å². The van der Waals surface area contributed by atoms with E-state index in [1.54, 1.807) is 18.3 Å². The van der Waals surface area contributed by atoms with E-state index in [2.05, 4.69) is 66.3 Å². The van der Waals surface area contributed by atoms with Gasteiger partial charge >= 0.3 is 0 Å². The highest BCUT2D eigenvalue weighted by molar-refractivity contribution is 7.17. The van der Waals surface area contributed by atoms with Crippen molar-refractivity contribution in [1.82, 2.24) is 10.6 Å². The number of hydrogen-bond donors (Lipinski definition) is 2. The lowest BCUT2D eigenvalue weighted by Gasteiger charge is -2.37. The Balaban J connectivity index is 1.69. The molecule has 1 amide bonds. The molecule has 1 aliphatic rings. The highest BCUT2D eigenvalue weighted by Crippen LogP contribution is 2.23. The van der Waals surface area contributed by atoms with Gasteiger partial charge in [-0.05, 0) is 53.8 Å². The van der Waals surface area contributed by atoms with Crippen LogP contribution in [0.3, 0.4) is 0 Å². The maximum atomic E-state index is 11.8. The van der Waals surface area contributed by atoms with Gasteiger partial charge in [-0.2, -0.15) is 0 Å². The Labute approximate surface area is 166 Å². The molecule has 1 aliphatic carbocycles. The van der Waals surface area contributed by atoms with Crippen LogP contribution in [0.5, 0.6) is 0 Å². The molecule has 3 atom stereocenters. The fourth-order valence-electron chi connectivity index (χ4n) is 3.69. The van der Waals surface area contributed by atoms with Crippen molar-refractivity contribution >= 4 is 27.3 Å². The summed E-state index contributed by atoms with van der Waals surface area (Å²) < 4.78 is 7.61. The third-order valence-corrected chi connectivity index (χ3v) is 6.12. The van der Waals surface area contributed by atoms with E-state index in [0.29, 0.717) is 0 Å². The third kappa shape index (κ3) is 5.18. The number of thiophene rings is 1. The number of ether oxygens (including phenoxy) is 1. The summed E-state index contributed by atoms with van der Waals surface area (Å²) in [6.45, 7) is 6.64. The second-order valence-corrected chi connectivity index (χ2v) is 8.16. The molecule has 146 valence electrons. The predicted molar refractivity (Wildman–Crippen MR) is 113 cm³/mol. The lowest BCUT2D eigenvalue weighted by atomic mass is 9.92. The lowest BCUT2D eigenvalue weighted by Crippen LogP contribution is -2.57. The van der Waals surface area contributed by atoms with Crippen molar-refractivity contribution in [3.05, 3.63) is 47.4 Å². The van der Waals surface area contributed by atoms with Crippen LogP contribution in [0.25, 0.3) is 10.1 Å². The van der Waals surface area contributed by atoms with Crippen molar-refractivity contribution in [3.63, 3.8) is 0 Å². The van der Waals surface area contributed by atoms with Gasteiger partial charge in [-0.1, -0.05) is 32.1 Å². The number of rotatable bonds is 8. The number of hydrogen-bond acceptors (Lipinski definition) is 4. The van der Waals surface area contributed by atoms with Crippen LogP contribution in [-0.2, 0) is 16.1 Å². The van der Waals surface area contributed by atoms with Crippen LogP contribution in [-0.4, -0.2) is 30.2 Å². The molecule has 2 N–H and O–H groups in total. The number of fused-ring (bicyclic) bond motifs is 1. The Bertz CT molecular complexity index is 781. The van der Waals surface area contributed by atoms with E-state index in [0.717, 1.165) is 25.8 Å². The van der Waals surface area contributed by atoms with Gasteiger partial charge in [-0.15, -0.1) is 11.3 Å². The Morgan fingerprint density at radius 1 is 1.30 bits per heavy atom. The molecule has 0 bridgehead atoms. The molecular formula is C22H30N2O2S. The summed E-state index contributed by atoms with van der Waals surface area (Å²) >= 11 is 1.77. The van der Waals surface area contributed by atoms with Crippen molar-refractivity contribution in [1.29, 1.82) is 0 Å². The molecule has 0 saturated heterocycles. The Hall–Kier alpha value is -1.69. The minimum absolute atomic E-state index is 0.0139. The number of amides is 1. The number of carbonyl (C=O) groups excluding carboxylic acids is 1. The Morgan fingerprint density at radius 2 is 2.11 bits per heavy atom. The quantitative estimate of drug-likeness (QED) is 0.661. The molecule has 27 heavy (non-hydrogen) atoms. The van der Waals surface area contributed by atoms with Gasteiger partial charge in [0.25, 0.3) is 0 Å². The van der Waals surface area contributed by atoms with E-state index >= 15 is 0 Å². The topological polar surface area (TPSA) is 50.4 Å². The van der Waals surface area contributed by atoms with Crippen molar-refractivity contribution in [3.8, 4) is 0 Å². The zero-order valence-corrected chi connectivity index (χ0v) is 17.2. The number of carbonyl (C=O) groups is 1. The highest BCUT2D eigenvalue weighted by atomic mass is 32.1. The number of nitrogens with one attached hydrogen (secondary N) is 2. The molecule has 4 nitrogen and oxygen atoms in total. The first kappa shape index (κ1) is 20.1. The molecule has 3 rings (SSSR count). The van der Waals surface area contributed by atoms with Crippen LogP contribution in [0, 0.1) is 0 Å². The molecule has 1 aromatic carbocycles. The smallest absolute Gasteiger partial charge is 0.217 e. The normalized spacial score (nSPS) is 22.4. The van der Waals surface area contributed by atoms with E-state index in [9.17, 15) is 4.79 Å². The fraction of sp³-hybridized carbons (Fsp3) is 0.500. The monoisotopic (exact) mass is 386 g/mol. The van der Waals surface area contributed by atoms with E-state index in [1.807, 2.05) is 0 Å². The largest absolute Gasteiger partial charge is 0.369 e. The summed E-state index contributed by atoms with van der Waals surface area (Å²) in [5.41, 5.74) is 1.26. The van der Waals surface area contributed by atoms with Crippen LogP contribution in [0.2, 0.25) is 0 Å². The second-order valence-electron chi connectivity index (χ2n) is 7.21. The first-order chi connectivity index (χ1) is 13.1. The summed E-state index contributed by atoms with van der Waals surface area (Å²) in [5, 5.41) is 10.2. The molecule has 0 spiro atoms. The molecule has 2 aromatic rings. The van der Waals surface area contributed by atoms with Crippen LogP contribution in [0.4, 0.5) is 0 Å². The van der Waals surface area contributed by atoms with Gasteiger partial charge < -0.3 is 15.4 Å². The Morgan fingerprint density at radius 3 is 2.85 bits per heavy atom. The molecule has 1 heterocycles. The lowest BCUT2D eigenvalue weighted by molar-refractivity contribution is -0.121. The summed E-state index contributed by atoms with van der Waals surface area (Å²) in [5.74, 6) is -0.0139. The molecule has 0 radical (unpaired) electrons. The average molecular weight is 387 g/mol. The SMILES string of the molecule is CCC(CC)OC1C=CC[C@H](NCc2ccc3sccc3c2)[C@H]1NC(C)=O. The molecule has 5 heteroatoms. The third-order valence-electron chi connectivity index (χ3n) is 5.22. The first-order valence-electron chi connectivity index (χ1n) is 9.89. The predicted octanol–water partition coefficient (Wildman–Crippen LogP) is 4.40. The van der Waals surface area contributed by atoms with Crippen molar-refractivity contribution < 1.29 is 9.53 Å². The average Bonchev–Trinajstić information content (AvgIpc) is 3.13.